The van der Waals surface area contributed by atoms with Crippen LogP contribution < -0.4 is 0 Å². The van der Waals surface area contributed by atoms with Gasteiger partial charge in [-0.05, 0) is 37.6 Å². The van der Waals surface area contributed by atoms with Crippen LogP contribution in [-0.2, 0) is 19.5 Å². The molecule has 1 aromatic carbocycles. The van der Waals surface area contributed by atoms with Crippen molar-refractivity contribution in [3.63, 3.8) is 0 Å². The fourth-order valence-corrected chi connectivity index (χ4v) is 3.74. The molecule has 0 N–H and O–H groups in total. The smallest absolute Gasteiger partial charge is 0.338 e. The molecule has 0 aliphatic carbocycles. The van der Waals surface area contributed by atoms with Crippen LogP contribution >= 0.6 is 0 Å². The number of nitrogens with zero attached hydrogens (tertiary/aromatic N) is 1. The Balaban J connectivity index is 2.17. The third kappa shape index (κ3) is 3.66. The maximum absolute atomic E-state index is 12.6. The predicted molar refractivity (Wildman–Crippen MR) is 81.2 cm³/mol. The maximum atomic E-state index is 12.6. The summed E-state index contributed by atoms with van der Waals surface area (Å²) in [6.07, 6.45) is 0.704. The molecule has 0 radical (unpaired) electrons. The van der Waals surface area contributed by atoms with E-state index in [1.54, 1.807) is 6.92 Å². The zero-order valence-electron chi connectivity index (χ0n) is 12.8. The summed E-state index contributed by atoms with van der Waals surface area (Å²) >= 11 is 0. The van der Waals surface area contributed by atoms with Crippen molar-refractivity contribution in [3.8, 4) is 0 Å². The molecular weight excluding hydrogens is 306 g/mol. The molecule has 122 valence electrons. The zero-order chi connectivity index (χ0) is 16.2. The summed E-state index contributed by atoms with van der Waals surface area (Å²) in [6, 6.07) is 5.83. The van der Waals surface area contributed by atoms with E-state index in [0.29, 0.717) is 25.3 Å². The van der Waals surface area contributed by atoms with Crippen molar-refractivity contribution in [1.29, 1.82) is 0 Å². The molecule has 1 heterocycles. The fourth-order valence-electron chi connectivity index (χ4n) is 2.28. The van der Waals surface area contributed by atoms with Crippen LogP contribution in [0.1, 0.15) is 30.6 Å². The minimum atomic E-state index is -3.56. The molecule has 1 fully saturated rings. The molecule has 6 nitrogen and oxygen atoms in total. The lowest BCUT2D eigenvalue weighted by molar-refractivity contribution is -0.00277. The minimum Gasteiger partial charge on any atom is -0.462 e. The topological polar surface area (TPSA) is 72.9 Å². The van der Waals surface area contributed by atoms with Crippen molar-refractivity contribution >= 4 is 16.0 Å². The number of rotatable bonds is 5. The quantitative estimate of drug-likeness (QED) is 0.769. The SMILES string of the molecule is CCOC(=O)c1ccc(S(=O)(=O)N2CCO[C@H](CC)C2)cc1. The van der Waals surface area contributed by atoms with Gasteiger partial charge in [0.05, 0.1) is 29.8 Å². The van der Waals surface area contributed by atoms with Gasteiger partial charge in [-0.3, -0.25) is 0 Å². The Morgan fingerprint density at radius 2 is 2.00 bits per heavy atom. The van der Waals surface area contributed by atoms with Crippen LogP contribution in [0.3, 0.4) is 0 Å². The molecule has 1 aromatic rings. The number of esters is 1. The maximum Gasteiger partial charge on any atom is 0.338 e. The minimum absolute atomic E-state index is 0.0673. The second-order valence-corrected chi connectivity index (χ2v) is 6.95. The Labute approximate surface area is 131 Å². The van der Waals surface area contributed by atoms with Crippen molar-refractivity contribution in [2.75, 3.05) is 26.3 Å². The van der Waals surface area contributed by atoms with Crippen molar-refractivity contribution in [1.82, 2.24) is 4.31 Å². The highest BCUT2D eigenvalue weighted by molar-refractivity contribution is 7.89. The Bertz CT molecular complexity index is 611. The highest BCUT2D eigenvalue weighted by Crippen LogP contribution is 2.20. The summed E-state index contributed by atoms with van der Waals surface area (Å²) in [7, 11) is -3.56. The van der Waals surface area contributed by atoms with Gasteiger partial charge in [0, 0.05) is 13.1 Å². The highest BCUT2D eigenvalue weighted by Gasteiger charge is 2.30. The van der Waals surface area contributed by atoms with E-state index in [4.69, 9.17) is 9.47 Å². The molecule has 0 spiro atoms. The Hall–Kier alpha value is -1.44. The van der Waals surface area contributed by atoms with E-state index in [1.165, 1.54) is 28.6 Å². The molecule has 0 amide bonds. The number of morpholine rings is 1. The molecule has 0 unspecified atom stereocenters. The summed E-state index contributed by atoms with van der Waals surface area (Å²) in [5.74, 6) is -0.455. The monoisotopic (exact) mass is 327 g/mol. The molecule has 2 rings (SSSR count). The average Bonchev–Trinajstić information content (AvgIpc) is 2.55. The molecule has 1 aliphatic rings. The molecule has 1 aliphatic heterocycles. The van der Waals surface area contributed by atoms with E-state index in [1.807, 2.05) is 6.92 Å². The number of benzene rings is 1. The van der Waals surface area contributed by atoms with Crippen molar-refractivity contribution in [3.05, 3.63) is 29.8 Å². The predicted octanol–water partition coefficient (Wildman–Crippen LogP) is 1.66. The van der Waals surface area contributed by atoms with Gasteiger partial charge in [0.2, 0.25) is 10.0 Å². The second kappa shape index (κ2) is 7.21. The molecule has 22 heavy (non-hydrogen) atoms. The van der Waals surface area contributed by atoms with Gasteiger partial charge in [-0.1, -0.05) is 6.92 Å². The van der Waals surface area contributed by atoms with Crippen LogP contribution in [0.25, 0.3) is 0 Å². The number of hydrogen-bond acceptors (Lipinski definition) is 5. The lowest BCUT2D eigenvalue weighted by Gasteiger charge is -2.31. The first kappa shape index (κ1) is 16.9. The van der Waals surface area contributed by atoms with Gasteiger partial charge in [-0.15, -0.1) is 0 Å². The molecule has 7 heteroatoms. The van der Waals surface area contributed by atoms with Gasteiger partial charge in [0.1, 0.15) is 0 Å². The first-order valence-electron chi connectivity index (χ1n) is 7.38. The third-order valence-corrected chi connectivity index (χ3v) is 5.44. The van der Waals surface area contributed by atoms with Gasteiger partial charge >= 0.3 is 5.97 Å². The fraction of sp³-hybridized carbons (Fsp3) is 0.533. The van der Waals surface area contributed by atoms with Gasteiger partial charge in [0.15, 0.2) is 0 Å². The van der Waals surface area contributed by atoms with E-state index >= 15 is 0 Å². The molecular formula is C15H21NO5S. The Morgan fingerprint density at radius 3 is 2.59 bits per heavy atom. The molecule has 0 bridgehead atoms. The lowest BCUT2D eigenvalue weighted by atomic mass is 10.2. The summed E-state index contributed by atoms with van der Waals surface area (Å²) in [5, 5.41) is 0. The molecule has 1 atom stereocenters. The third-order valence-electron chi connectivity index (χ3n) is 3.56. The molecule has 0 saturated carbocycles. The first-order chi connectivity index (χ1) is 10.5. The van der Waals surface area contributed by atoms with Crippen molar-refractivity contribution in [2.24, 2.45) is 0 Å². The number of carbonyl (C=O) groups is 1. The van der Waals surface area contributed by atoms with Crippen LogP contribution in [0, 0.1) is 0 Å². The zero-order valence-corrected chi connectivity index (χ0v) is 13.6. The number of sulfonamides is 1. The van der Waals surface area contributed by atoms with Crippen molar-refractivity contribution < 1.29 is 22.7 Å². The highest BCUT2D eigenvalue weighted by atomic mass is 32.2. The summed E-state index contributed by atoms with van der Waals surface area (Å²) in [5.41, 5.74) is 0.342. The Kier molecular flexibility index (Phi) is 5.55. The van der Waals surface area contributed by atoms with E-state index in [9.17, 15) is 13.2 Å². The largest absolute Gasteiger partial charge is 0.462 e. The van der Waals surface area contributed by atoms with Crippen LogP contribution in [0.4, 0.5) is 0 Å². The lowest BCUT2D eigenvalue weighted by Crippen LogP contribution is -2.45. The summed E-state index contributed by atoms with van der Waals surface area (Å²) < 4.78 is 37.0. The van der Waals surface area contributed by atoms with Crippen molar-refractivity contribution in [2.45, 2.75) is 31.3 Å². The van der Waals surface area contributed by atoms with E-state index in [2.05, 4.69) is 0 Å². The van der Waals surface area contributed by atoms with E-state index in [-0.39, 0.29) is 17.6 Å². The molecule has 1 saturated heterocycles. The first-order valence-corrected chi connectivity index (χ1v) is 8.82. The van der Waals surface area contributed by atoms with Crippen LogP contribution in [0.5, 0.6) is 0 Å². The Morgan fingerprint density at radius 1 is 1.32 bits per heavy atom. The number of hydrogen-bond donors (Lipinski definition) is 0. The normalized spacial score (nSPS) is 19.8. The van der Waals surface area contributed by atoms with Gasteiger partial charge in [-0.2, -0.15) is 4.31 Å². The molecule has 0 aromatic heterocycles. The van der Waals surface area contributed by atoms with Crippen LogP contribution in [-0.4, -0.2) is 51.1 Å². The van der Waals surface area contributed by atoms with E-state index < -0.39 is 16.0 Å². The van der Waals surface area contributed by atoms with E-state index in [0.717, 1.165) is 6.42 Å². The van der Waals surface area contributed by atoms with Gasteiger partial charge < -0.3 is 9.47 Å². The second-order valence-electron chi connectivity index (χ2n) is 5.01. The summed E-state index contributed by atoms with van der Waals surface area (Å²) in [4.78, 5) is 11.8. The number of ether oxygens (including phenoxy) is 2. The summed E-state index contributed by atoms with van der Waals surface area (Å²) in [6.45, 7) is 5.08. The van der Waals surface area contributed by atoms with Crippen LogP contribution in [0.2, 0.25) is 0 Å². The average molecular weight is 327 g/mol. The van der Waals surface area contributed by atoms with Gasteiger partial charge in [0.25, 0.3) is 0 Å². The van der Waals surface area contributed by atoms with Gasteiger partial charge in [-0.25, -0.2) is 13.2 Å². The van der Waals surface area contributed by atoms with Crippen LogP contribution in [0.15, 0.2) is 29.2 Å². The number of carbonyl (C=O) groups excluding carboxylic acids is 1. The standard InChI is InChI=1S/C15H21NO5S/c1-3-13-11-16(9-10-21-13)22(18,19)14-7-5-12(6-8-14)15(17)20-4-2/h5-8,13H,3-4,9-11H2,1-2H3/t13-/m1/s1.